The minimum Gasteiger partial charge on any atom is -0.360 e. The SMILES string of the molecule is CN1c2ccccc2C2(OCCc3ccccc32)c2ccccc21. The second kappa shape index (κ2) is 4.96. The van der Waals surface area contributed by atoms with Crippen molar-refractivity contribution in [1.82, 2.24) is 0 Å². The van der Waals surface area contributed by atoms with Gasteiger partial charge in [-0.1, -0.05) is 60.7 Å². The lowest BCUT2D eigenvalue weighted by Gasteiger charge is -2.47. The smallest absolute Gasteiger partial charge is 0.148 e. The van der Waals surface area contributed by atoms with Crippen molar-refractivity contribution >= 4 is 11.4 Å². The maximum atomic E-state index is 6.61. The van der Waals surface area contributed by atoms with Gasteiger partial charge in [-0.05, 0) is 29.7 Å². The Morgan fingerprint density at radius 3 is 1.96 bits per heavy atom. The summed E-state index contributed by atoms with van der Waals surface area (Å²) in [4.78, 5) is 2.27. The van der Waals surface area contributed by atoms with Crippen LogP contribution >= 0.6 is 0 Å². The van der Waals surface area contributed by atoms with E-state index < -0.39 is 5.60 Å². The lowest BCUT2D eigenvalue weighted by molar-refractivity contribution is 0.00242. The van der Waals surface area contributed by atoms with Gasteiger partial charge >= 0.3 is 0 Å². The molecule has 0 saturated carbocycles. The van der Waals surface area contributed by atoms with Gasteiger partial charge in [0, 0.05) is 29.5 Å². The molecule has 0 N–H and O–H groups in total. The zero-order valence-electron chi connectivity index (χ0n) is 13.7. The Labute approximate surface area is 142 Å². The molecule has 0 aliphatic carbocycles. The van der Waals surface area contributed by atoms with E-state index in [0.29, 0.717) is 0 Å². The van der Waals surface area contributed by atoms with E-state index in [0.717, 1.165) is 13.0 Å². The Bertz CT molecular complexity index is 883. The first kappa shape index (κ1) is 13.8. The van der Waals surface area contributed by atoms with Gasteiger partial charge in [0.15, 0.2) is 0 Å². The number of benzene rings is 3. The third-order valence-electron chi connectivity index (χ3n) is 5.38. The van der Waals surface area contributed by atoms with Crippen molar-refractivity contribution in [2.45, 2.75) is 12.0 Å². The molecule has 1 spiro atoms. The van der Waals surface area contributed by atoms with E-state index in [9.17, 15) is 0 Å². The summed E-state index contributed by atoms with van der Waals surface area (Å²) in [6, 6.07) is 26.0. The van der Waals surface area contributed by atoms with E-state index in [-0.39, 0.29) is 0 Å². The monoisotopic (exact) mass is 313 g/mol. The second-order valence-electron chi connectivity index (χ2n) is 6.53. The third kappa shape index (κ3) is 1.64. The lowest BCUT2D eigenvalue weighted by atomic mass is 9.73. The first-order valence-electron chi connectivity index (χ1n) is 8.47. The van der Waals surface area contributed by atoms with Crippen molar-refractivity contribution in [1.29, 1.82) is 0 Å². The molecule has 2 heterocycles. The lowest BCUT2D eigenvalue weighted by Crippen LogP contribution is -2.42. The molecular formula is C22H19NO. The van der Waals surface area contributed by atoms with Crippen LogP contribution in [0.25, 0.3) is 0 Å². The molecule has 2 aliphatic rings. The molecule has 0 amide bonds. The zero-order chi connectivity index (χ0) is 16.1. The predicted molar refractivity (Wildman–Crippen MR) is 96.9 cm³/mol. The highest BCUT2D eigenvalue weighted by atomic mass is 16.5. The Morgan fingerprint density at radius 2 is 1.29 bits per heavy atom. The van der Waals surface area contributed by atoms with Gasteiger partial charge < -0.3 is 9.64 Å². The van der Waals surface area contributed by atoms with Crippen molar-refractivity contribution in [3.05, 3.63) is 95.1 Å². The molecule has 2 nitrogen and oxygen atoms in total. The summed E-state index contributed by atoms with van der Waals surface area (Å²) in [5, 5.41) is 0. The van der Waals surface area contributed by atoms with Crippen LogP contribution in [0.5, 0.6) is 0 Å². The molecule has 0 unspecified atom stereocenters. The number of para-hydroxylation sites is 2. The van der Waals surface area contributed by atoms with Crippen LogP contribution in [0.15, 0.2) is 72.8 Å². The van der Waals surface area contributed by atoms with Crippen LogP contribution in [-0.4, -0.2) is 13.7 Å². The Hall–Kier alpha value is -2.58. The summed E-state index contributed by atoms with van der Waals surface area (Å²) in [7, 11) is 2.14. The van der Waals surface area contributed by atoms with Gasteiger partial charge in [0.05, 0.1) is 6.61 Å². The van der Waals surface area contributed by atoms with Crippen LogP contribution in [0.4, 0.5) is 11.4 Å². The van der Waals surface area contributed by atoms with Gasteiger partial charge in [-0.3, -0.25) is 0 Å². The number of rotatable bonds is 0. The van der Waals surface area contributed by atoms with E-state index >= 15 is 0 Å². The van der Waals surface area contributed by atoms with Crippen LogP contribution in [0.1, 0.15) is 22.3 Å². The summed E-state index contributed by atoms with van der Waals surface area (Å²) in [6.07, 6.45) is 0.970. The molecule has 2 heteroatoms. The molecule has 3 aromatic rings. The molecule has 24 heavy (non-hydrogen) atoms. The number of anilines is 2. The van der Waals surface area contributed by atoms with Gasteiger partial charge in [-0.25, -0.2) is 0 Å². The van der Waals surface area contributed by atoms with Crippen molar-refractivity contribution in [3.63, 3.8) is 0 Å². The fourth-order valence-corrected chi connectivity index (χ4v) is 4.32. The molecule has 5 rings (SSSR count). The fraction of sp³-hybridized carbons (Fsp3) is 0.182. The first-order valence-corrected chi connectivity index (χ1v) is 8.47. The highest BCUT2D eigenvalue weighted by Crippen LogP contribution is 2.54. The summed E-state index contributed by atoms with van der Waals surface area (Å²) in [5.41, 5.74) is 7.06. The average molecular weight is 313 g/mol. The Balaban J connectivity index is 1.93. The Kier molecular flexibility index (Phi) is 2.85. The van der Waals surface area contributed by atoms with E-state index in [2.05, 4.69) is 84.7 Å². The van der Waals surface area contributed by atoms with Crippen molar-refractivity contribution in [2.75, 3.05) is 18.6 Å². The van der Waals surface area contributed by atoms with Crippen molar-refractivity contribution in [3.8, 4) is 0 Å². The zero-order valence-corrected chi connectivity index (χ0v) is 13.7. The molecule has 3 aromatic carbocycles. The minimum atomic E-state index is -0.505. The highest BCUT2D eigenvalue weighted by Gasteiger charge is 2.47. The largest absolute Gasteiger partial charge is 0.360 e. The first-order chi connectivity index (χ1) is 11.8. The summed E-state index contributed by atoms with van der Waals surface area (Å²) < 4.78 is 6.61. The summed E-state index contributed by atoms with van der Waals surface area (Å²) >= 11 is 0. The highest BCUT2D eigenvalue weighted by molar-refractivity contribution is 5.79. The van der Waals surface area contributed by atoms with Crippen LogP contribution in [0.2, 0.25) is 0 Å². The topological polar surface area (TPSA) is 12.5 Å². The van der Waals surface area contributed by atoms with Crippen LogP contribution in [-0.2, 0) is 16.8 Å². The maximum Gasteiger partial charge on any atom is 0.148 e. The van der Waals surface area contributed by atoms with Crippen molar-refractivity contribution in [2.24, 2.45) is 0 Å². The number of nitrogens with zero attached hydrogens (tertiary/aromatic N) is 1. The Morgan fingerprint density at radius 1 is 0.750 bits per heavy atom. The number of ether oxygens (including phenoxy) is 1. The van der Waals surface area contributed by atoms with Gasteiger partial charge in [-0.15, -0.1) is 0 Å². The van der Waals surface area contributed by atoms with Gasteiger partial charge in [-0.2, -0.15) is 0 Å². The van der Waals surface area contributed by atoms with Crippen LogP contribution < -0.4 is 4.90 Å². The number of hydrogen-bond acceptors (Lipinski definition) is 2. The van der Waals surface area contributed by atoms with Gasteiger partial charge in [0.2, 0.25) is 0 Å². The molecule has 0 radical (unpaired) electrons. The maximum absolute atomic E-state index is 6.61. The second-order valence-corrected chi connectivity index (χ2v) is 6.53. The molecule has 118 valence electrons. The molecule has 0 saturated heterocycles. The minimum absolute atomic E-state index is 0.505. The van der Waals surface area contributed by atoms with E-state index in [4.69, 9.17) is 4.74 Å². The standard InChI is InChI=1S/C22H19NO/c1-23-20-12-6-4-10-18(20)22(19-11-5-7-13-21(19)23)17-9-3-2-8-16(17)14-15-24-22/h2-13H,14-15H2,1H3. The third-order valence-corrected chi connectivity index (χ3v) is 5.38. The molecular weight excluding hydrogens is 294 g/mol. The van der Waals surface area contributed by atoms with E-state index in [1.54, 1.807) is 0 Å². The van der Waals surface area contributed by atoms with E-state index in [1.165, 1.54) is 33.6 Å². The fourth-order valence-electron chi connectivity index (χ4n) is 4.32. The summed E-state index contributed by atoms with van der Waals surface area (Å²) in [6.45, 7) is 0.739. The molecule has 0 aromatic heterocycles. The summed E-state index contributed by atoms with van der Waals surface area (Å²) in [5.74, 6) is 0. The van der Waals surface area contributed by atoms with Crippen LogP contribution in [0, 0.1) is 0 Å². The predicted octanol–water partition coefficient (Wildman–Crippen LogP) is 4.63. The molecule has 0 bridgehead atoms. The number of fused-ring (bicyclic) bond motifs is 6. The molecule has 2 aliphatic heterocycles. The van der Waals surface area contributed by atoms with E-state index in [1.807, 2.05) is 0 Å². The quantitative estimate of drug-likeness (QED) is 0.600. The number of hydrogen-bond donors (Lipinski definition) is 0. The van der Waals surface area contributed by atoms with Crippen LogP contribution in [0.3, 0.4) is 0 Å². The van der Waals surface area contributed by atoms with Crippen molar-refractivity contribution < 1.29 is 4.74 Å². The van der Waals surface area contributed by atoms with Gasteiger partial charge in [0.1, 0.15) is 5.60 Å². The average Bonchev–Trinajstić information content (AvgIpc) is 2.66. The molecule has 0 fully saturated rings. The normalized spacial score (nSPS) is 17.1. The molecule has 0 atom stereocenters. The van der Waals surface area contributed by atoms with Gasteiger partial charge in [0.25, 0.3) is 0 Å².